The van der Waals surface area contributed by atoms with Crippen LogP contribution in [-0.4, -0.2) is 17.2 Å². The van der Waals surface area contributed by atoms with Gasteiger partial charge in [-0.2, -0.15) is 0 Å². The van der Waals surface area contributed by atoms with Crippen molar-refractivity contribution in [3.05, 3.63) is 34.4 Å². The van der Waals surface area contributed by atoms with Crippen LogP contribution >= 0.6 is 0 Å². The Balaban J connectivity index is 2.74. The van der Waals surface area contributed by atoms with Crippen molar-refractivity contribution in [2.45, 2.75) is 26.4 Å². The highest BCUT2D eigenvalue weighted by atomic mass is 16.7. The summed E-state index contributed by atoms with van der Waals surface area (Å²) >= 11 is 0. The van der Waals surface area contributed by atoms with Crippen LogP contribution in [0.4, 0.5) is 10.5 Å². The Hall–Kier alpha value is -2.11. The molecule has 17 heavy (non-hydrogen) atoms. The zero-order chi connectivity index (χ0) is 12.8. The molecular weight excluding hydrogens is 226 g/mol. The smallest absolute Gasteiger partial charge is 0.431 e. The number of nitrogens with zero attached hydrogens (tertiary/aromatic N) is 1. The highest BCUT2D eigenvalue weighted by Gasteiger charge is 2.18. The second-order valence-electron chi connectivity index (χ2n) is 3.41. The number of nitro benzene ring substituents is 1. The summed E-state index contributed by atoms with van der Waals surface area (Å²) in [7, 11) is 0. The first-order chi connectivity index (χ1) is 8.04. The molecule has 0 N–H and O–H groups in total. The van der Waals surface area contributed by atoms with E-state index in [4.69, 9.17) is 9.47 Å². The average Bonchev–Trinajstić information content (AvgIpc) is 2.29. The summed E-state index contributed by atoms with van der Waals surface area (Å²) < 4.78 is 9.63. The van der Waals surface area contributed by atoms with Gasteiger partial charge in [-0.25, -0.2) is 4.79 Å². The molecule has 0 spiro atoms. The summed E-state index contributed by atoms with van der Waals surface area (Å²) in [4.78, 5) is 21.3. The molecule has 1 unspecified atom stereocenters. The van der Waals surface area contributed by atoms with E-state index < -0.39 is 11.1 Å². The summed E-state index contributed by atoms with van der Waals surface area (Å²) in [5, 5.41) is 10.7. The predicted octanol–water partition coefficient (Wildman–Crippen LogP) is 2.91. The third kappa shape index (κ3) is 3.75. The Bertz CT molecular complexity index is 418. The van der Waals surface area contributed by atoms with Crippen LogP contribution in [0.1, 0.15) is 20.3 Å². The van der Waals surface area contributed by atoms with Crippen molar-refractivity contribution < 1.29 is 19.2 Å². The Morgan fingerprint density at radius 2 is 2.12 bits per heavy atom. The van der Waals surface area contributed by atoms with E-state index in [1.165, 1.54) is 18.2 Å². The number of carbonyl (C=O) groups is 1. The number of hydrogen-bond donors (Lipinski definition) is 0. The predicted molar refractivity (Wildman–Crippen MR) is 60.0 cm³/mol. The number of hydrogen-bond acceptors (Lipinski definition) is 5. The third-order valence-corrected chi connectivity index (χ3v) is 2.13. The quantitative estimate of drug-likeness (QED) is 0.349. The molecule has 0 aliphatic carbocycles. The molecular formula is C11H13NO5. The second-order valence-corrected chi connectivity index (χ2v) is 3.41. The van der Waals surface area contributed by atoms with Gasteiger partial charge in [0, 0.05) is 6.07 Å². The maximum atomic E-state index is 11.3. The monoisotopic (exact) mass is 239 g/mol. The summed E-state index contributed by atoms with van der Waals surface area (Å²) in [6, 6.07) is 5.63. The van der Waals surface area contributed by atoms with Crippen molar-refractivity contribution in [2.24, 2.45) is 0 Å². The second kappa shape index (κ2) is 5.83. The van der Waals surface area contributed by atoms with E-state index in [0.29, 0.717) is 6.42 Å². The van der Waals surface area contributed by atoms with Crippen LogP contribution in [-0.2, 0) is 4.74 Å². The van der Waals surface area contributed by atoms with Crippen molar-refractivity contribution >= 4 is 11.8 Å². The topological polar surface area (TPSA) is 78.7 Å². The fourth-order valence-corrected chi connectivity index (χ4v) is 1.06. The maximum absolute atomic E-state index is 11.3. The van der Waals surface area contributed by atoms with E-state index in [1.807, 2.05) is 6.92 Å². The normalized spacial score (nSPS) is 11.6. The number of benzene rings is 1. The molecule has 0 bridgehead atoms. The molecule has 0 heterocycles. The van der Waals surface area contributed by atoms with Gasteiger partial charge >= 0.3 is 11.8 Å². The first kappa shape index (κ1) is 13.0. The van der Waals surface area contributed by atoms with Crippen molar-refractivity contribution in [3.63, 3.8) is 0 Å². The van der Waals surface area contributed by atoms with Gasteiger partial charge in [-0.15, -0.1) is 0 Å². The summed E-state index contributed by atoms with van der Waals surface area (Å²) in [6.45, 7) is 3.56. The minimum Gasteiger partial charge on any atom is -0.431 e. The molecule has 0 aliphatic heterocycles. The van der Waals surface area contributed by atoms with E-state index in [0.717, 1.165) is 0 Å². The summed E-state index contributed by atoms with van der Waals surface area (Å²) in [5.74, 6) is -0.120. The molecule has 0 aliphatic rings. The van der Waals surface area contributed by atoms with E-state index in [9.17, 15) is 14.9 Å². The maximum Gasteiger partial charge on any atom is 0.514 e. The largest absolute Gasteiger partial charge is 0.514 e. The van der Waals surface area contributed by atoms with Crippen LogP contribution in [0.5, 0.6) is 5.75 Å². The van der Waals surface area contributed by atoms with E-state index in [-0.39, 0.29) is 17.5 Å². The van der Waals surface area contributed by atoms with Crippen LogP contribution in [0.15, 0.2) is 24.3 Å². The van der Waals surface area contributed by atoms with Gasteiger partial charge in [-0.1, -0.05) is 19.1 Å². The van der Waals surface area contributed by atoms with Gasteiger partial charge in [0.15, 0.2) is 0 Å². The molecule has 0 amide bonds. The molecule has 1 atom stereocenters. The highest BCUT2D eigenvalue weighted by molar-refractivity contribution is 5.66. The SMILES string of the molecule is CCC(C)OC(=O)Oc1ccccc1[N+](=O)[O-]. The minimum absolute atomic E-state index is 0.120. The first-order valence-corrected chi connectivity index (χ1v) is 5.16. The molecule has 0 radical (unpaired) electrons. The number of rotatable bonds is 4. The molecule has 0 saturated carbocycles. The van der Waals surface area contributed by atoms with Crippen LogP contribution in [0.3, 0.4) is 0 Å². The fraction of sp³-hybridized carbons (Fsp3) is 0.364. The molecule has 1 aromatic carbocycles. The van der Waals surface area contributed by atoms with Gasteiger partial charge in [-0.05, 0) is 19.4 Å². The van der Waals surface area contributed by atoms with Gasteiger partial charge in [0.2, 0.25) is 5.75 Å². The van der Waals surface area contributed by atoms with Crippen molar-refractivity contribution in [1.29, 1.82) is 0 Å². The lowest BCUT2D eigenvalue weighted by molar-refractivity contribution is -0.385. The zero-order valence-corrected chi connectivity index (χ0v) is 9.58. The summed E-state index contributed by atoms with van der Waals surface area (Å²) in [6.07, 6.45) is -0.578. The van der Waals surface area contributed by atoms with Gasteiger partial charge < -0.3 is 9.47 Å². The molecule has 92 valence electrons. The third-order valence-electron chi connectivity index (χ3n) is 2.13. The van der Waals surface area contributed by atoms with Crippen molar-refractivity contribution in [3.8, 4) is 5.75 Å². The van der Waals surface area contributed by atoms with Crippen molar-refractivity contribution in [1.82, 2.24) is 0 Å². The molecule has 6 nitrogen and oxygen atoms in total. The lowest BCUT2D eigenvalue weighted by atomic mass is 10.3. The van der Waals surface area contributed by atoms with Gasteiger partial charge in [-0.3, -0.25) is 10.1 Å². The lowest BCUT2D eigenvalue weighted by Crippen LogP contribution is -2.17. The summed E-state index contributed by atoms with van der Waals surface area (Å²) in [5.41, 5.74) is -0.270. The van der Waals surface area contributed by atoms with Crippen LogP contribution < -0.4 is 4.74 Å². The number of ether oxygens (including phenoxy) is 2. The van der Waals surface area contributed by atoms with Crippen LogP contribution in [0.2, 0.25) is 0 Å². The number of carbonyl (C=O) groups excluding carboxylic acids is 1. The van der Waals surface area contributed by atoms with E-state index >= 15 is 0 Å². The van der Waals surface area contributed by atoms with Gasteiger partial charge in [0.25, 0.3) is 0 Å². The highest BCUT2D eigenvalue weighted by Crippen LogP contribution is 2.26. The molecule has 0 fully saturated rings. The van der Waals surface area contributed by atoms with E-state index in [1.54, 1.807) is 13.0 Å². The zero-order valence-electron chi connectivity index (χ0n) is 9.58. The van der Waals surface area contributed by atoms with Gasteiger partial charge in [0.1, 0.15) is 6.10 Å². The first-order valence-electron chi connectivity index (χ1n) is 5.16. The van der Waals surface area contributed by atoms with E-state index in [2.05, 4.69) is 0 Å². The van der Waals surface area contributed by atoms with Crippen molar-refractivity contribution in [2.75, 3.05) is 0 Å². The Kier molecular flexibility index (Phi) is 4.45. The van der Waals surface area contributed by atoms with Crippen LogP contribution in [0, 0.1) is 10.1 Å². The van der Waals surface area contributed by atoms with Gasteiger partial charge in [0.05, 0.1) is 4.92 Å². The molecule has 1 aromatic rings. The standard InChI is InChI=1S/C11H13NO5/c1-3-8(2)16-11(13)17-10-7-5-4-6-9(10)12(14)15/h4-8H,3H2,1-2H3. The Morgan fingerprint density at radius 1 is 1.47 bits per heavy atom. The Morgan fingerprint density at radius 3 is 2.71 bits per heavy atom. The molecule has 0 saturated heterocycles. The number of nitro groups is 1. The van der Waals surface area contributed by atoms with Crippen LogP contribution in [0.25, 0.3) is 0 Å². The lowest BCUT2D eigenvalue weighted by Gasteiger charge is -2.10. The number of para-hydroxylation sites is 2. The molecule has 1 rings (SSSR count). The molecule has 0 aromatic heterocycles. The molecule has 6 heteroatoms. The minimum atomic E-state index is -0.936. The fourth-order valence-electron chi connectivity index (χ4n) is 1.06. The average molecular weight is 239 g/mol. The Labute approximate surface area is 98.3 Å².